The average molecular weight is 200 g/mol. The fourth-order valence-corrected chi connectivity index (χ4v) is 1.85. The van der Waals surface area contributed by atoms with Gasteiger partial charge >= 0.3 is 0 Å². The third kappa shape index (κ3) is 3.08. The van der Waals surface area contributed by atoms with E-state index in [-0.39, 0.29) is 12.6 Å². The van der Waals surface area contributed by atoms with Gasteiger partial charge in [0.1, 0.15) is 0 Å². The molecule has 0 saturated carbocycles. The Balaban J connectivity index is 2.44. The number of likely N-dealkylation sites (N-methyl/N-ethyl adjacent to an activating group) is 1. The van der Waals surface area contributed by atoms with Gasteiger partial charge in [-0.15, -0.1) is 0 Å². The molecule has 0 aliphatic carbocycles. The minimum absolute atomic E-state index is 0.0694. The summed E-state index contributed by atoms with van der Waals surface area (Å²) >= 11 is 1.69. The van der Waals surface area contributed by atoms with Crippen LogP contribution in [0.4, 0.5) is 0 Å². The van der Waals surface area contributed by atoms with Crippen molar-refractivity contribution in [3.05, 3.63) is 22.4 Å². The summed E-state index contributed by atoms with van der Waals surface area (Å²) in [6, 6.07) is 2.16. The second-order valence-electron chi connectivity index (χ2n) is 3.12. The Morgan fingerprint density at radius 3 is 2.92 bits per heavy atom. The SMILES string of the molecule is CN(Cc1ccsc1)C(CN)CO. The van der Waals surface area contributed by atoms with Gasteiger partial charge in [0.15, 0.2) is 0 Å². The van der Waals surface area contributed by atoms with Crippen LogP contribution in [0.2, 0.25) is 0 Å². The Labute approximate surface area is 82.8 Å². The predicted molar refractivity (Wildman–Crippen MR) is 55.7 cm³/mol. The van der Waals surface area contributed by atoms with Crippen molar-refractivity contribution in [1.29, 1.82) is 0 Å². The Kier molecular flexibility index (Phi) is 4.38. The molecular weight excluding hydrogens is 184 g/mol. The van der Waals surface area contributed by atoms with Crippen LogP contribution in [0.25, 0.3) is 0 Å². The van der Waals surface area contributed by atoms with Gasteiger partial charge in [-0.05, 0) is 29.4 Å². The lowest BCUT2D eigenvalue weighted by Crippen LogP contribution is -2.40. The van der Waals surface area contributed by atoms with Gasteiger partial charge in [-0.25, -0.2) is 0 Å². The Hall–Kier alpha value is -0.420. The molecule has 0 fully saturated rings. The molecule has 74 valence electrons. The van der Waals surface area contributed by atoms with Crippen LogP contribution >= 0.6 is 11.3 Å². The van der Waals surface area contributed by atoms with Crippen LogP contribution in [-0.4, -0.2) is 36.2 Å². The van der Waals surface area contributed by atoms with Crippen LogP contribution in [0.5, 0.6) is 0 Å². The number of thiophene rings is 1. The van der Waals surface area contributed by atoms with Crippen molar-refractivity contribution in [3.8, 4) is 0 Å². The number of aliphatic hydroxyl groups excluding tert-OH is 1. The van der Waals surface area contributed by atoms with Gasteiger partial charge in [-0.3, -0.25) is 4.90 Å². The molecule has 0 aromatic carbocycles. The first-order chi connectivity index (χ1) is 6.27. The van der Waals surface area contributed by atoms with Crippen LogP contribution in [0, 0.1) is 0 Å². The molecule has 13 heavy (non-hydrogen) atoms. The molecule has 1 heterocycles. The lowest BCUT2D eigenvalue weighted by molar-refractivity contribution is 0.147. The Bertz CT molecular complexity index is 222. The van der Waals surface area contributed by atoms with Crippen molar-refractivity contribution >= 4 is 11.3 Å². The summed E-state index contributed by atoms with van der Waals surface area (Å²) in [7, 11) is 1.98. The number of aliphatic hydroxyl groups is 1. The van der Waals surface area contributed by atoms with E-state index in [0.29, 0.717) is 6.54 Å². The van der Waals surface area contributed by atoms with Crippen LogP contribution in [0.3, 0.4) is 0 Å². The highest BCUT2D eigenvalue weighted by Crippen LogP contribution is 2.09. The fourth-order valence-electron chi connectivity index (χ4n) is 1.19. The number of hydrogen-bond donors (Lipinski definition) is 2. The van der Waals surface area contributed by atoms with Gasteiger partial charge in [-0.1, -0.05) is 0 Å². The highest BCUT2D eigenvalue weighted by atomic mass is 32.1. The third-order valence-electron chi connectivity index (χ3n) is 2.12. The monoisotopic (exact) mass is 200 g/mol. The van der Waals surface area contributed by atoms with E-state index in [1.165, 1.54) is 5.56 Å². The molecule has 0 radical (unpaired) electrons. The molecule has 1 aromatic rings. The molecule has 1 atom stereocenters. The van der Waals surface area contributed by atoms with Gasteiger partial charge < -0.3 is 10.8 Å². The Morgan fingerprint density at radius 2 is 2.46 bits per heavy atom. The van der Waals surface area contributed by atoms with E-state index in [0.717, 1.165) is 6.54 Å². The second-order valence-corrected chi connectivity index (χ2v) is 3.90. The maximum atomic E-state index is 9.01. The smallest absolute Gasteiger partial charge is 0.0599 e. The molecule has 0 amide bonds. The van der Waals surface area contributed by atoms with Crippen LogP contribution < -0.4 is 5.73 Å². The highest BCUT2D eigenvalue weighted by molar-refractivity contribution is 7.07. The fraction of sp³-hybridized carbons (Fsp3) is 0.556. The molecule has 0 aliphatic heterocycles. The molecule has 1 rings (SSSR count). The summed E-state index contributed by atoms with van der Waals surface area (Å²) in [5.74, 6) is 0. The first kappa shape index (κ1) is 10.7. The molecule has 4 heteroatoms. The van der Waals surface area contributed by atoms with Crippen LogP contribution in [0.1, 0.15) is 5.56 Å². The predicted octanol–water partition coefficient (Wildman–Crippen LogP) is 0.500. The lowest BCUT2D eigenvalue weighted by atomic mass is 10.2. The van der Waals surface area contributed by atoms with E-state index < -0.39 is 0 Å². The second kappa shape index (κ2) is 5.34. The molecule has 0 aliphatic rings. The number of nitrogens with two attached hydrogens (primary N) is 1. The summed E-state index contributed by atoms with van der Waals surface area (Å²) in [4.78, 5) is 2.07. The highest BCUT2D eigenvalue weighted by Gasteiger charge is 2.11. The molecule has 0 bridgehead atoms. The maximum absolute atomic E-state index is 9.01. The summed E-state index contributed by atoms with van der Waals surface area (Å²) in [6.45, 7) is 1.47. The number of rotatable bonds is 5. The van der Waals surface area contributed by atoms with E-state index in [4.69, 9.17) is 10.8 Å². The van der Waals surface area contributed by atoms with E-state index in [9.17, 15) is 0 Å². The van der Waals surface area contributed by atoms with Gasteiger partial charge in [0, 0.05) is 19.1 Å². The first-order valence-electron chi connectivity index (χ1n) is 4.30. The van der Waals surface area contributed by atoms with Gasteiger partial charge in [-0.2, -0.15) is 11.3 Å². The van der Waals surface area contributed by atoms with Crippen molar-refractivity contribution in [2.75, 3.05) is 20.2 Å². The summed E-state index contributed by atoms with van der Waals surface area (Å²) < 4.78 is 0. The molecule has 3 nitrogen and oxygen atoms in total. The first-order valence-corrected chi connectivity index (χ1v) is 5.24. The van der Waals surface area contributed by atoms with Crippen molar-refractivity contribution in [2.24, 2.45) is 5.73 Å². The zero-order chi connectivity index (χ0) is 9.68. The number of hydrogen-bond acceptors (Lipinski definition) is 4. The molecule has 3 N–H and O–H groups in total. The molecule has 0 saturated heterocycles. The summed E-state index contributed by atoms with van der Waals surface area (Å²) in [5.41, 5.74) is 6.79. The zero-order valence-electron chi connectivity index (χ0n) is 7.81. The van der Waals surface area contributed by atoms with E-state index in [1.807, 2.05) is 7.05 Å². The summed E-state index contributed by atoms with van der Waals surface area (Å²) in [5, 5.41) is 13.2. The maximum Gasteiger partial charge on any atom is 0.0599 e. The standard InChI is InChI=1S/C9H16N2OS/c1-11(9(4-10)6-12)5-8-2-3-13-7-8/h2-3,7,9,12H,4-6,10H2,1H3. The molecule has 0 spiro atoms. The van der Waals surface area contributed by atoms with Crippen molar-refractivity contribution in [1.82, 2.24) is 4.90 Å². The van der Waals surface area contributed by atoms with Crippen LogP contribution in [-0.2, 0) is 6.54 Å². The zero-order valence-corrected chi connectivity index (χ0v) is 8.63. The molecule has 1 unspecified atom stereocenters. The summed E-state index contributed by atoms with van der Waals surface area (Å²) in [6.07, 6.45) is 0. The normalized spacial score (nSPS) is 13.5. The minimum atomic E-state index is 0.0694. The van der Waals surface area contributed by atoms with Gasteiger partial charge in [0.05, 0.1) is 6.61 Å². The van der Waals surface area contributed by atoms with Crippen molar-refractivity contribution < 1.29 is 5.11 Å². The van der Waals surface area contributed by atoms with E-state index in [1.54, 1.807) is 11.3 Å². The van der Waals surface area contributed by atoms with E-state index in [2.05, 4.69) is 21.7 Å². The van der Waals surface area contributed by atoms with Gasteiger partial charge in [0.25, 0.3) is 0 Å². The minimum Gasteiger partial charge on any atom is -0.395 e. The Morgan fingerprint density at radius 1 is 1.69 bits per heavy atom. The number of nitrogens with zero attached hydrogens (tertiary/aromatic N) is 1. The molecular formula is C9H16N2OS. The van der Waals surface area contributed by atoms with Gasteiger partial charge in [0.2, 0.25) is 0 Å². The van der Waals surface area contributed by atoms with E-state index >= 15 is 0 Å². The topological polar surface area (TPSA) is 49.5 Å². The third-order valence-corrected chi connectivity index (χ3v) is 2.85. The average Bonchev–Trinajstić information content (AvgIpc) is 2.59. The largest absolute Gasteiger partial charge is 0.395 e. The van der Waals surface area contributed by atoms with Crippen molar-refractivity contribution in [3.63, 3.8) is 0 Å². The van der Waals surface area contributed by atoms with Crippen LogP contribution in [0.15, 0.2) is 16.8 Å². The lowest BCUT2D eigenvalue weighted by Gasteiger charge is -2.24. The quantitative estimate of drug-likeness (QED) is 0.727. The molecule has 1 aromatic heterocycles. The van der Waals surface area contributed by atoms with Crippen molar-refractivity contribution in [2.45, 2.75) is 12.6 Å².